The summed E-state index contributed by atoms with van der Waals surface area (Å²) in [5.41, 5.74) is -2.27. The predicted molar refractivity (Wildman–Crippen MR) is 68.7 cm³/mol. The molecule has 0 spiro atoms. The molecule has 11 heteroatoms. The lowest BCUT2D eigenvalue weighted by molar-refractivity contribution is -0.136. The van der Waals surface area contributed by atoms with Crippen LogP contribution in [0.3, 0.4) is 0 Å². The first-order chi connectivity index (χ1) is 9.12. The molecule has 0 aliphatic carbocycles. The van der Waals surface area contributed by atoms with Gasteiger partial charge in [0.05, 0.1) is 10.2 Å². The Balaban J connectivity index is 3.27. The molecule has 0 bridgehead atoms. The van der Waals surface area contributed by atoms with Gasteiger partial charge in [0.25, 0.3) is 5.56 Å². The van der Waals surface area contributed by atoms with Crippen molar-refractivity contribution in [1.29, 1.82) is 0 Å². The first-order valence-electron chi connectivity index (χ1n) is 5.04. The molecule has 0 unspecified atom stereocenters. The van der Waals surface area contributed by atoms with Gasteiger partial charge < -0.3 is 15.3 Å². The van der Waals surface area contributed by atoms with E-state index in [0.29, 0.717) is 6.20 Å². The Morgan fingerprint density at radius 1 is 1.45 bits per heavy atom. The lowest BCUT2D eigenvalue weighted by Crippen LogP contribution is -2.53. The van der Waals surface area contributed by atoms with E-state index in [1.807, 2.05) is 0 Å². The Labute approximate surface area is 122 Å². The molecule has 0 saturated carbocycles. The van der Waals surface area contributed by atoms with E-state index >= 15 is 0 Å². The number of aromatic amines is 1. The zero-order valence-corrected chi connectivity index (χ0v) is 11.7. The zero-order valence-electron chi connectivity index (χ0n) is 9.59. The lowest BCUT2D eigenvalue weighted by Gasteiger charge is -2.24. The van der Waals surface area contributed by atoms with Crippen LogP contribution in [0.15, 0.2) is 15.8 Å². The lowest BCUT2D eigenvalue weighted by atomic mass is 10.1. The Bertz CT molecular complexity index is 628. The second kappa shape index (κ2) is 6.07. The van der Waals surface area contributed by atoms with Gasteiger partial charge in [-0.15, -0.1) is 0 Å². The number of aliphatic hydroxyl groups excluding tert-OH is 3. The quantitative estimate of drug-likeness (QED) is 0.434. The molecule has 0 amide bonds. The fourth-order valence-corrected chi connectivity index (χ4v) is 1.64. The third kappa shape index (κ3) is 3.11. The van der Waals surface area contributed by atoms with Crippen LogP contribution in [-0.2, 0) is 0 Å². The van der Waals surface area contributed by atoms with Gasteiger partial charge in [0.1, 0.15) is 6.10 Å². The standard InChI is InChI=1S/C9H9F2IN2O6/c10-9(11,5(17)4(16)2-15)7(19)14-1-3(12)6(18)13-8(14)20/h1,4-5,15-17H,2H2,(H,13,18,20)/t4-,5-/m1/s1. The molecule has 1 aromatic heterocycles. The topological polar surface area (TPSA) is 133 Å². The van der Waals surface area contributed by atoms with E-state index in [-0.39, 0.29) is 8.14 Å². The van der Waals surface area contributed by atoms with Gasteiger partial charge in [-0.3, -0.25) is 14.6 Å². The van der Waals surface area contributed by atoms with E-state index in [1.54, 1.807) is 4.98 Å². The largest absolute Gasteiger partial charge is 0.394 e. The number of H-pyrrole nitrogens is 1. The summed E-state index contributed by atoms with van der Waals surface area (Å²) >= 11 is 1.41. The van der Waals surface area contributed by atoms with Crippen molar-refractivity contribution in [3.63, 3.8) is 0 Å². The number of nitrogens with zero attached hydrogens (tertiary/aromatic N) is 1. The number of nitrogens with one attached hydrogen (secondary N) is 1. The summed E-state index contributed by atoms with van der Waals surface area (Å²) in [5.74, 6) is -6.68. The van der Waals surface area contributed by atoms with Crippen LogP contribution >= 0.6 is 22.6 Å². The predicted octanol–water partition coefficient (Wildman–Crippen LogP) is -1.87. The van der Waals surface area contributed by atoms with Crippen molar-refractivity contribution < 1.29 is 28.9 Å². The van der Waals surface area contributed by atoms with Gasteiger partial charge in [-0.05, 0) is 22.6 Å². The van der Waals surface area contributed by atoms with E-state index in [1.165, 1.54) is 22.6 Å². The molecule has 8 nitrogen and oxygen atoms in total. The number of halogens is 3. The van der Waals surface area contributed by atoms with Crippen LogP contribution in [0.25, 0.3) is 0 Å². The first-order valence-corrected chi connectivity index (χ1v) is 6.12. The summed E-state index contributed by atoms with van der Waals surface area (Å²) in [4.78, 5) is 35.5. The van der Waals surface area contributed by atoms with Gasteiger partial charge in [-0.1, -0.05) is 0 Å². The molecule has 0 radical (unpaired) electrons. The molecule has 4 N–H and O–H groups in total. The summed E-state index contributed by atoms with van der Waals surface area (Å²) in [6, 6.07) is 0. The zero-order chi connectivity index (χ0) is 15.7. The number of alkyl halides is 2. The van der Waals surface area contributed by atoms with E-state index in [9.17, 15) is 23.2 Å². The van der Waals surface area contributed by atoms with Gasteiger partial charge >= 0.3 is 17.5 Å². The highest BCUT2D eigenvalue weighted by molar-refractivity contribution is 14.1. The fraction of sp³-hybridized carbons (Fsp3) is 0.444. The molecule has 1 aromatic rings. The van der Waals surface area contributed by atoms with Crippen LogP contribution in [0, 0.1) is 3.57 Å². The number of hydrogen-bond acceptors (Lipinski definition) is 6. The number of aromatic nitrogens is 2. The van der Waals surface area contributed by atoms with Crippen LogP contribution in [0.2, 0.25) is 0 Å². The van der Waals surface area contributed by atoms with Crippen LogP contribution in [0.4, 0.5) is 8.78 Å². The van der Waals surface area contributed by atoms with Crippen molar-refractivity contribution in [2.75, 3.05) is 6.61 Å². The molecule has 0 aliphatic rings. The highest BCUT2D eigenvalue weighted by Crippen LogP contribution is 2.23. The molecule has 0 fully saturated rings. The fourth-order valence-electron chi connectivity index (χ4n) is 1.23. The maximum absolute atomic E-state index is 13.6. The highest BCUT2D eigenvalue weighted by Gasteiger charge is 2.50. The van der Waals surface area contributed by atoms with Crippen molar-refractivity contribution in [3.05, 3.63) is 30.6 Å². The van der Waals surface area contributed by atoms with E-state index in [2.05, 4.69) is 0 Å². The number of rotatable bonds is 4. The van der Waals surface area contributed by atoms with Crippen molar-refractivity contribution in [2.24, 2.45) is 0 Å². The average molecular weight is 406 g/mol. The number of aliphatic hydroxyl groups is 3. The molecule has 0 aliphatic heterocycles. The normalized spacial score (nSPS) is 14.9. The molecule has 20 heavy (non-hydrogen) atoms. The van der Waals surface area contributed by atoms with Crippen molar-refractivity contribution in [1.82, 2.24) is 9.55 Å². The second-order valence-electron chi connectivity index (χ2n) is 3.73. The van der Waals surface area contributed by atoms with Crippen LogP contribution < -0.4 is 11.2 Å². The monoisotopic (exact) mass is 406 g/mol. The minimum absolute atomic E-state index is 0.0868. The summed E-state index contributed by atoms with van der Waals surface area (Å²) in [5, 5.41) is 26.6. The minimum Gasteiger partial charge on any atom is -0.394 e. The maximum atomic E-state index is 13.6. The van der Waals surface area contributed by atoms with Crippen molar-refractivity contribution in [2.45, 2.75) is 18.1 Å². The Kier molecular flexibility index (Phi) is 5.12. The summed E-state index contributed by atoms with van der Waals surface area (Å²) in [7, 11) is 0. The van der Waals surface area contributed by atoms with Crippen LogP contribution in [-0.4, -0.2) is 55.5 Å². The van der Waals surface area contributed by atoms with Crippen LogP contribution in [0.1, 0.15) is 4.79 Å². The Morgan fingerprint density at radius 2 is 2.00 bits per heavy atom. The SMILES string of the molecule is O=C(n1cc(I)c(=O)[nH]c1=O)C(F)(F)[C@H](O)[C@H](O)CO. The van der Waals surface area contributed by atoms with Gasteiger partial charge in [0, 0.05) is 6.20 Å². The van der Waals surface area contributed by atoms with Crippen LogP contribution in [0.5, 0.6) is 0 Å². The maximum Gasteiger partial charge on any atom is 0.353 e. The van der Waals surface area contributed by atoms with E-state index < -0.39 is 41.9 Å². The van der Waals surface area contributed by atoms with E-state index in [0.717, 1.165) is 0 Å². The molecule has 1 rings (SSSR count). The Morgan fingerprint density at radius 3 is 2.50 bits per heavy atom. The van der Waals surface area contributed by atoms with Gasteiger partial charge in [-0.25, -0.2) is 9.36 Å². The number of carbonyl (C=O) groups is 1. The second-order valence-corrected chi connectivity index (χ2v) is 4.89. The molecule has 0 aromatic carbocycles. The molecular formula is C9H9F2IN2O6. The average Bonchev–Trinajstić information content (AvgIpc) is 2.40. The summed E-state index contributed by atoms with van der Waals surface area (Å²) in [6.45, 7) is -1.21. The molecule has 1 heterocycles. The first kappa shape index (κ1) is 16.9. The third-order valence-corrected chi connectivity index (χ3v) is 3.09. The van der Waals surface area contributed by atoms with Gasteiger partial charge in [-0.2, -0.15) is 8.78 Å². The molecule has 0 saturated heterocycles. The Hall–Kier alpha value is -1.18. The van der Waals surface area contributed by atoms with Crippen molar-refractivity contribution >= 4 is 28.5 Å². The van der Waals surface area contributed by atoms with E-state index in [4.69, 9.17) is 15.3 Å². The molecule has 112 valence electrons. The van der Waals surface area contributed by atoms with Gasteiger partial charge in [0.15, 0.2) is 6.10 Å². The minimum atomic E-state index is -4.53. The molecular weight excluding hydrogens is 397 g/mol. The summed E-state index contributed by atoms with van der Waals surface area (Å²) < 4.78 is 27.0. The smallest absolute Gasteiger partial charge is 0.353 e. The van der Waals surface area contributed by atoms with Gasteiger partial charge in [0.2, 0.25) is 0 Å². The number of carbonyl (C=O) groups excluding carboxylic acids is 1. The highest BCUT2D eigenvalue weighted by atomic mass is 127. The molecule has 2 atom stereocenters. The number of hydrogen-bond donors (Lipinski definition) is 4. The summed E-state index contributed by atoms with van der Waals surface area (Å²) in [6.07, 6.45) is -4.60. The third-order valence-electron chi connectivity index (χ3n) is 2.33. The van der Waals surface area contributed by atoms with Crippen molar-refractivity contribution in [3.8, 4) is 0 Å².